The molecule has 1 aromatic rings. The summed E-state index contributed by atoms with van der Waals surface area (Å²) in [6, 6.07) is 6.83. The predicted octanol–water partition coefficient (Wildman–Crippen LogP) is 1.15. The minimum Gasteiger partial charge on any atom is -0.497 e. The van der Waals surface area contributed by atoms with E-state index in [1.165, 1.54) is 0 Å². The van der Waals surface area contributed by atoms with Gasteiger partial charge in [-0.2, -0.15) is 0 Å². The van der Waals surface area contributed by atoms with E-state index in [9.17, 15) is 9.59 Å². The number of rotatable bonds is 7. The zero-order valence-corrected chi connectivity index (χ0v) is 11.7. The monoisotopic (exact) mass is 286 g/mol. The van der Waals surface area contributed by atoms with Gasteiger partial charge in [0.15, 0.2) is 5.78 Å². The molecular weight excluding hydrogens is 268 g/mol. The average molecular weight is 287 g/mol. The molecule has 0 unspecified atom stereocenters. The number of carbonyl (C=O) groups is 2. The molecule has 3 N–H and O–H groups in total. The van der Waals surface area contributed by atoms with Gasteiger partial charge in [-0.25, -0.2) is 0 Å². The number of hydrogen-bond donors (Lipinski definition) is 2. The first-order valence-corrected chi connectivity index (χ1v) is 5.81. The van der Waals surface area contributed by atoms with Gasteiger partial charge in [0.1, 0.15) is 5.75 Å². The third-order valence-electron chi connectivity index (χ3n) is 2.46. The van der Waals surface area contributed by atoms with Gasteiger partial charge in [-0.1, -0.05) is 0 Å². The first-order valence-electron chi connectivity index (χ1n) is 5.81. The number of benzene rings is 1. The number of Topliss-reactive ketones (excluding diaryl/α,β-unsaturated/α-hetero) is 1. The van der Waals surface area contributed by atoms with Crippen LogP contribution in [0, 0.1) is 0 Å². The van der Waals surface area contributed by atoms with Gasteiger partial charge in [0.2, 0.25) is 5.91 Å². The fraction of sp³-hybridized carbons (Fsp3) is 0.385. The molecule has 5 nitrogen and oxygen atoms in total. The number of ether oxygens (including phenoxy) is 1. The van der Waals surface area contributed by atoms with Crippen molar-refractivity contribution >= 4 is 24.1 Å². The largest absolute Gasteiger partial charge is 0.497 e. The normalized spacial score (nSPS) is 9.37. The highest BCUT2D eigenvalue weighted by Gasteiger charge is 2.08. The summed E-state index contributed by atoms with van der Waals surface area (Å²) in [5, 5.41) is 2.62. The Morgan fingerprint density at radius 3 is 2.37 bits per heavy atom. The van der Waals surface area contributed by atoms with Gasteiger partial charge < -0.3 is 15.8 Å². The van der Waals surface area contributed by atoms with Crippen LogP contribution in [0.2, 0.25) is 0 Å². The van der Waals surface area contributed by atoms with Crippen molar-refractivity contribution in [1.29, 1.82) is 0 Å². The van der Waals surface area contributed by atoms with Crippen LogP contribution in [0.1, 0.15) is 23.2 Å². The number of methoxy groups -OCH3 is 1. The Kier molecular flexibility index (Phi) is 8.57. The van der Waals surface area contributed by atoms with Crippen LogP contribution in [0.15, 0.2) is 24.3 Å². The molecule has 0 aromatic heterocycles. The lowest BCUT2D eigenvalue weighted by Crippen LogP contribution is -2.29. The number of amides is 1. The minimum absolute atomic E-state index is 0. The van der Waals surface area contributed by atoms with Crippen molar-refractivity contribution in [2.75, 3.05) is 20.2 Å². The van der Waals surface area contributed by atoms with Crippen LogP contribution in [0.4, 0.5) is 0 Å². The first-order chi connectivity index (χ1) is 8.67. The molecule has 0 aliphatic rings. The molecule has 0 aliphatic heterocycles. The van der Waals surface area contributed by atoms with Crippen molar-refractivity contribution in [2.24, 2.45) is 5.73 Å². The van der Waals surface area contributed by atoms with E-state index in [4.69, 9.17) is 10.5 Å². The minimum atomic E-state index is -0.151. The SMILES string of the molecule is COc1ccc(C(=O)CCC(=O)NCCN)cc1.Cl. The number of nitrogens with one attached hydrogen (secondary N) is 1. The summed E-state index contributed by atoms with van der Waals surface area (Å²) < 4.78 is 5.00. The Hall–Kier alpha value is -1.59. The van der Waals surface area contributed by atoms with Crippen molar-refractivity contribution in [3.63, 3.8) is 0 Å². The summed E-state index contributed by atoms with van der Waals surface area (Å²) in [6.07, 6.45) is 0.383. The van der Waals surface area contributed by atoms with E-state index in [-0.39, 0.29) is 36.9 Å². The van der Waals surface area contributed by atoms with Gasteiger partial charge in [0.05, 0.1) is 7.11 Å². The Labute approximate surface area is 118 Å². The van der Waals surface area contributed by atoms with Crippen molar-refractivity contribution in [1.82, 2.24) is 5.32 Å². The molecule has 0 bridgehead atoms. The number of nitrogens with two attached hydrogens (primary N) is 1. The third kappa shape index (κ3) is 6.22. The maximum atomic E-state index is 11.8. The lowest BCUT2D eigenvalue weighted by molar-refractivity contribution is -0.121. The Morgan fingerprint density at radius 2 is 1.84 bits per heavy atom. The van der Waals surface area contributed by atoms with Gasteiger partial charge >= 0.3 is 0 Å². The molecule has 0 saturated carbocycles. The lowest BCUT2D eigenvalue weighted by atomic mass is 10.1. The second kappa shape index (κ2) is 9.35. The molecule has 0 aliphatic carbocycles. The fourth-order valence-electron chi connectivity index (χ4n) is 1.45. The number of hydrogen-bond acceptors (Lipinski definition) is 4. The second-order valence-electron chi connectivity index (χ2n) is 3.79. The molecule has 6 heteroatoms. The van der Waals surface area contributed by atoms with E-state index < -0.39 is 0 Å². The zero-order chi connectivity index (χ0) is 13.4. The first kappa shape index (κ1) is 17.4. The standard InChI is InChI=1S/C13H18N2O3.ClH/c1-18-11-4-2-10(3-5-11)12(16)6-7-13(17)15-9-8-14;/h2-5H,6-9,14H2,1H3,(H,15,17);1H. The van der Waals surface area contributed by atoms with Crippen LogP contribution in [0.25, 0.3) is 0 Å². The fourth-order valence-corrected chi connectivity index (χ4v) is 1.45. The Bertz CT molecular complexity index is 407. The van der Waals surface area contributed by atoms with Crippen LogP contribution < -0.4 is 15.8 Å². The third-order valence-corrected chi connectivity index (χ3v) is 2.46. The van der Waals surface area contributed by atoms with Gasteiger partial charge in [-0.05, 0) is 24.3 Å². The molecule has 0 fully saturated rings. The highest BCUT2D eigenvalue weighted by atomic mass is 35.5. The van der Waals surface area contributed by atoms with Gasteiger partial charge in [-0.3, -0.25) is 9.59 Å². The molecule has 1 amide bonds. The molecule has 1 aromatic carbocycles. The Morgan fingerprint density at radius 1 is 1.21 bits per heavy atom. The van der Waals surface area contributed by atoms with Gasteiger partial charge in [-0.15, -0.1) is 12.4 Å². The maximum absolute atomic E-state index is 11.8. The van der Waals surface area contributed by atoms with Crippen LogP contribution in [-0.2, 0) is 4.79 Å². The summed E-state index contributed by atoms with van der Waals surface area (Å²) in [5.41, 5.74) is 5.84. The van der Waals surface area contributed by atoms with E-state index >= 15 is 0 Å². The van der Waals surface area contributed by atoms with Crippen LogP contribution in [0.3, 0.4) is 0 Å². The van der Waals surface area contributed by atoms with E-state index in [1.807, 2.05) is 0 Å². The van der Waals surface area contributed by atoms with Crippen molar-refractivity contribution in [3.05, 3.63) is 29.8 Å². The van der Waals surface area contributed by atoms with Crippen LogP contribution in [-0.4, -0.2) is 31.9 Å². The van der Waals surface area contributed by atoms with Crippen molar-refractivity contribution in [3.8, 4) is 5.75 Å². The average Bonchev–Trinajstić information content (AvgIpc) is 2.42. The summed E-state index contributed by atoms with van der Waals surface area (Å²) >= 11 is 0. The molecule has 19 heavy (non-hydrogen) atoms. The lowest BCUT2D eigenvalue weighted by Gasteiger charge is -2.04. The predicted molar refractivity (Wildman–Crippen MR) is 75.9 cm³/mol. The second-order valence-corrected chi connectivity index (χ2v) is 3.79. The Balaban J connectivity index is 0.00000324. The summed E-state index contributed by atoms with van der Waals surface area (Å²) in [5.74, 6) is 0.495. The topological polar surface area (TPSA) is 81.4 Å². The maximum Gasteiger partial charge on any atom is 0.220 e. The van der Waals surface area contributed by atoms with Gasteiger partial charge in [0, 0.05) is 31.5 Å². The summed E-state index contributed by atoms with van der Waals surface area (Å²) in [7, 11) is 1.57. The van der Waals surface area contributed by atoms with Gasteiger partial charge in [0.25, 0.3) is 0 Å². The van der Waals surface area contributed by atoms with Crippen molar-refractivity contribution < 1.29 is 14.3 Å². The molecule has 0 heterocycles. The van der Waals surface area contributed by atoms with E-state index in [1.54, 1.807) is 31.4 Å². The quantitative estimate of drug-likeness (QED) is 0.737. The van der Waals surface area contributed by atoms with E-state index in [0.29, 0.717) is 24.4 Å². The number of halogens is 1. The molecule has 106 valence electrons. The highest BCUT2D eigenvalue weighted by Crippen LogP contribution is 2.13. The molecule has 0 spiro atoms. The van der Waals surface area contributed by atoms with Crippen LogP contribution in [0.5, 0.6) is 5.75 Å². The zero-order valence-electron chi connectivity index (χ0n) is 10.8. The molecule has 0 radical (unpaired) electrons. The summed E-state index contributed by atoms with van der Waals surface area (Å²) in [4.78, 5) is 23.1. The smallest absolute Gasteiger partial charge is 0.220 e. The number of ketones is 1. The molecule has 0 atom stereocenters. The van der Waals surface area contributed by atoms with E-state index in [2.05, 4.69) is 5.32 Å². The molecule has 1 rings (SSSR count). The van der Waals surface area contributed by atoms with Crippen LogP contribution >= 0.6 is 12.4 Å². The molecular formula is C13H19ClN2O3. The summed E-state index contributed by atoms with van der Waals surface area (Å²) in [6.45, 7) is 0.841. The van der Waals surface area contributed by atoms with Crippen molar-refractivity contribution in [2.45, 2.75) is 12.8 Å². The van der Waals surface area contributed by atoms with E-state index in [0.717, 1.165) is 0 Å². The highest BCUT2D eigenvalue weighted by molar-refractivity contribution is 5.98. The number of carbonyl (C=O) groups excluding carboxylic acids is 2. The molecule has 0 saturated heterocycles.